The highest BCUT2D eigenvalue weighted by molar-refractivity contribution is 5.38. The zero-order valence-electron chi connectivity index (χ0n) is 11.1. The maximum Gasteiger partial charge on any atom is 0.153 e. The van der Waals surface area contributed by atoms with Crippen LogP contribution in [-0.2, 0) is 0 Å². The maximum atomic E-state index is 9.64. The first-order valence-corrected chi connectivity index (χ1v) is 6.50. The standard InChI is InChI=1S/C15H17N3O/c1-10-15(12-6-7-13(19)9-12)11(2)18(17-10)14-5-3-4-8-16-14/h3-8,12-13,19H,9H2,1-2H3. The molecule has 2 aromatic heterocycles. The number of aromatic nitrogens is 3. The Balaban J connectivity index is 2.04. The van der Waals surface area contributed by atoms with Gasteiger partial charge in [-0.05, 0) is 32.4 Å². The monoisotopic (exact) mass is 255 g/mol. The largest absolute Gasteiger partial charge is 0.389 e. The van der Waals surface area contributed by atoms with Crippen molar-refractivity contribution in [2.75, 3.05) is 0 Å². The summed E-state index contributed by atoms with van der Waals surface area (Å²) in [6.07, 6.45) is 6.12. The number of pyridine rings is 1. The predicted molar refractivity (Wildman–Crippen MR) is 73.3 cm³/mol. The molecule has 98 valence electrons. The van der Waals surface area contributed by atoms with Gasteiger partial charge in [-0.2, -0.15) is 5.10 Å². The van der Waals surface area contributed by atoms with Gasteiger partial charge in [0.05, 0.1) is 11.8 Å². The molecule has 2 atom stereocenters. The van der Waals surface area contributed by atoms with Crippen molar-refractivity contribution in [1.82, 2.24) is 14.8 Å². The highest BCUT2D eigenvalue weighted by atomic mass is 16.3. The Morgan fingerprint density at radius 2 is 2.11 bits per heavy atom. The second kappa shape index (κ2) is 4.63. The molecule has 0 saturated carbocycles. The molecule has 0 aliphatic heterocycles. The zero-order chi connectivity index (χ0) is 13.4. The minimum atomic E-state index is -0.331. The second-order valence-electron chi connectivity index (χ2n) is 4.98. The topological polar surface area (TPSA) is 50.9 Å². The van der Waals surface area contributed by atoms with Gasteiger partial charge < -0.3 is 5.11 Å². The van der Waals surface area contributed by atoms with Crippen molar-refractivity contribution in [1.29, 1.82) is 0 Å². The fourth-order valence-corrected chi connectivity index (χ4v) is 2.79. The number of hydrogen-bond donors (Lipinski definition) is 1. The summed E-state index contributed by atoms with van der Waals surface area (Å²) in [5.41, 5.74) is 3.31. The maximum absolute atomic E-state index is 9.64. The number of nitrogens with zero attached hydrogens (tertiary/aromatic N) is 3. The van der Waals surface area contributed by atoms with Crippen LogP contribution in [-0.4, -0.2) is 26.0 Å². The average molecular weight is 255 g/mol. The van der Waals surface area contributed by atoms with Crippen molar-refractivity contribution >= 4 is 0 Å². The highest BCUT2D eigenvalue weighted by Crippen LogP contribution is 2.33. The molecule has 19 heavy (non-hydrogen) atoms. The number of allylic oxidation sites excluding steroid dienone is 1. The van der Waals surface area contributed by atoms with Crippen molar-refractivity contribution < 1.29 is 5.11 Å². The summed E-state index contributed by atoms with van der Waals surface area (Å²) in [4.78, 5) is 4.34. The summed E-state index contributed by atoms with van der Waals surface area (Å²) >= 11 is 0. The molecule has 2 aromatic rings. The van der Waals surface area contributed by atoms with Crippen LogP contribution in [0.25, 0.3) is 5.82 Å². The molecule has 1 aliphatic rings. The van der Waals surface area contributed by atoms with E-state index in [4.69, 9.17) is 0 Å². The Bertz CT molecular complexity index is 616. The Hall–Kier alpha value is -1.94. The van der Waals surface area contributed by atoms with Gasteiger partial charge in [0, 0.05) is 23.4 Å². The SMILES string of the molecule is Cc1nn(-c2ccccn2)c(C)c1C1C=CC(O)C1. The summed E-state index contributed by atoms with van der Waals surface area (Å²) in [7, 11) is 0. The van der Waals surface area contributed by atoms with E-state index in [0.29, 0.717) is 0 Å². The van der Waals surface area contributed by atoms with E-state index in [0.717, 1.165) is 23.6 Å². The van der Waals surface area contributed by atoms with E-state index in [2.05, 4.69) is 23.1 Å². The average Bonchev–Trinajstić information content (AvgIpc) is 2.95. The molecule has 2 unspecified atom stereocenters. The quantitative estimate of drug-likeness (QED) is 0.838. The Morgan fingerprint density at radius 3 is 2.74 bits per heavy atom. The fourth-order valence-electron chi connectivity index (χ4n) is 2.79. The van der Waals surface area contributed by atoms with Crippen LogP contribution in [0.1, 0.15) is 29.3 Å². The van der Waals surface area contributed by atoms with Gasteiger partial charge in [-0.25, -0.2) is 9.67 Å². The summed E-state index contributed by atoms with van der Waals surface area (Å²) in [5, 5.41) is 14.2. The molecular weight excluding hydrogens is 238 g/mol. The van der Waals surface area contributed by atoms with E-state index >= 15 is 0 Å². The molecule has 3 rings (SSSR count). The normalized spacial score (nSPS) is 22.1. The molecule has 0 amide bonds. The molecule has 0 saturated heterocycles. The van der Waals surface area contributed by atoms with Crippen LogP contribution in [0.15, 0.2) is 36.5 Å². The van der Waals surface area contributed by atoms with Crippen LogP contribution in [0.4, 0.5) is 0 Å². The third-order valence-electron chi connectivity index (χ3n) is 3.65. The summed E-state index contributed by atoms with van der Waals surface area (Å²) in [5.74, 6) is 1.09. The number of hydrogen-bond acceptors (Lipinski definition) is 3. The molecule has 0 fully saturated rings. The smallest absolute Gasteiger partial charge is 0.153 e. The van der Waals surface area contributed by atoms with Crippen molar-refractivity contribution in [3.05, 3.63) is 53.5 Å². The van der Waals surface area contributed by atoms with Gasteiger partial charge in [-0.1, -0.05) is 18.2 Å². The lowest BCUT2D eigenvalue weighted by molar-refractivity contribution is 0.218. The lowest BCUT2D eigenvalue weighted by Crippen LogP contribution is -2.04. The van der Waals surface area contributed by atoms with Gasteiger partial charge in [0.15, 0.2) is 5.82 Å². The Kier molecular flexibility index (Phi) is 2.95. The number of aryl methyl sites for hydroxylation is 1. The molecule has 0 radical (unpaired) electrons. The van der Waals surface area contributed by atoms with Gasteiger partial charge in [-0.15, -0.1) is 0 Å². The molecule has 1 N–H and O–H groups in total. The van der Waals surface area contributed by atoms with Crippen LogP contribution in [0.3, 0.4) is 0 Å². The summed E-state index contributed by atoms with van der Waals surface area (Å²) in [6, 6.07) is 5.80. The summed E-state index contributed by atoms with van der Waals surface area (Å²) in [6.45, 7) is 4.07. The number of aliphatic hydroxyl groups excluding tert-OH is 1. The molecule has 0 bridgehead atoms. The van der Waals surface area contributed by atoms with Crippen LogP contribution in [0.5, 0.6) is 0 Å². The molecule has 2 heterocycles. The van der Waals surface area contributed by atoms with Crippen molar-refractivity contribution in [3.8, 4) is 5.82 Å². The number of aliphatic hydroxyl groups is 1. The van der Waals surface area contributed by atoms with Crippen LogP contribution in [0.2, 0.25) is 0 Å². The molecule has 1 aliphatic carbocycles. The van der Waals surface area contributed by atoms with Crippen LogP contribution < -0.4 is 0 Å². The van der Waals surface area contributed by atoms with E-state index in [1.165, 1.54) is 5.56 Å². The van der Waals surface area contributed by atoms with Crippen LogP contribution >= 0.6 is 0 Å². The lowest BCUT2D eigenvalue weighted by Gasteiger charge is -2.10. The van der Waals surface area contributed by atoms with Crippen LogP contribution in [0, 0.1) is 13.8 Å². The molecule has 4 nitrogen and oxygen atoms in total. The minimum absolute atomic E-state index is 0.257. The molecular formula is C15H17N3O. The molecule has 0 aromatic carbocycles. The Morgan fingerprint density at radius 1 is 1.26 bits per heavy atom. The van der Waals surface area contributed by atoms with Gasteiger partial charge in [0.25, 0.3) is 0 Å². The number of rotatable bonds is 2. The Labute approximate surface area is 112 Å². The van der Waals surface area contributed by atoms with E-state index in [9.17, 15) is 5.11 Å². The fraction of sp³-hybridized carbons (Fsp3) is 0.333. The predicted octanol–water partition coefficient (Wildman–Crippen LogP) is 2.29. The first kappa shape index (κ1) is 12.1. The second-order valence-corrected chi connectivity index (χ2v) is 4.98. The minimum Gasteiger partial charge on any atom is -0.389 e. The highest BCUT2D eigenvalue weighted by Gasteiger charge is 2.25. The molecule has 4 heteroatoms. The van der Waals surface area contributed by atoms with Crippen molar-refractivity contribution in [2.45, 2.75) is 32.3 Å². The van der Waals surface area contributed by atoms with Crippen molar-refractivity contribution in [2.24, 2.45) is 0 Å². The summed E-state index contributed by atoms with van der Waals surface area (Å²) < 4.78 is 1.88. The van der Waals surface area contributed by atoms with Gasteiger partial charge in [0.2, 0.25) is 0 Å². The first-order chi connectivity index (χ1) is 9.16. The van der Waals surface area contributed by atoms with Crippen molar-refractivity contribution in [3.63, 3.8) is 0 Å². The van der Waals surface area contributed by atoms with E-state index in [-0.39, 0.29) is 12.0 Å². The third-order valence-corrected chi connectivity index (χ3v) is 3.65. The van der Waals surface area contributed by atoms with E-state index < -0.39 is 0 Å². The lowest BCUT2D eigenvalue weighted by atomic mass is 9.96. The molecule has 0 spiro atoms. The van der Waals surface area contributed by atoms with E-state index in [1.807, 2.05) is 35.9 Å². The van der Waals surface area contributed by atoms with Gasteiger partial charge in [0.1, 0.15) is 0 Å². The van der Waals surface area contributed by atoms with Gasteiger partial charge >= 0.3 is 0 Å². The van der Waals surface area contributed by atoms with E-state index in [1.54, 1.807) is 6.20 Å². The first-order valence-electron chi connectivity index (χ1n) is 6.50. The zero-order valence-corrected chi connectivity index (χ0v) is 11.1. The van der Waals surface area contributed by atoms with Gasteiger partial charge in [-0.3, -0.25) is 0 Å². The third kappa shape index (κ3) is 2.08.